The molecule has 0 spiro atoms. The third-order valence-corrected chi connectivity index (χ3v) is 4.25. The Morgan fingerprint density at radius 2 is 2.21 bits per heavy atom. The molecule has 4 heteroatoms. The fourth-order valence-electron chi connectivity index (χ4n) is 2.74. The summed E-state index contributed by atoms with van der Waals surface area (Å²) in [5.74, 6) is -0.112. The van der Waals surface area contributed by atoms with Crippen LogP contribution >= 0.6 is 0 Å². The first-order chi connectivity index (χ1) is 9.05. The number of nitrogens with zero attached hydrogens (tertiary/aromatic N) is 1. The van der Waals surface area contributed by atoms with Crippen molar-refractivity contribution in [2.45, 2.75) is 50.9 Å². The molecule has 0 radical (unpaired) electrons. The van der Waals surface area contributed by atoms with Crippen LogP contribution in [0.3, 0.4) is 0 Å². The second kappa shape index (κ2) is 4.30. The van der Waals surface area contributed by atoms with Crippen molar-refractivity contribution in [3.05, 3.63) is 35.6 Å². The van der Waals surface area contributed by atoms with Gasteiger partial charge in [0.2, 0.25) is 5.91 Å². The van der Waals surface area contributed by atoms with Crippen LogP contribution in [0.4, 0.5) is 4.39 Å². The summed E-state index contributed by atoms with van der Waals surface area (Å²) in [7, 11) is 0. The maximum absolute atomic E-state index is 13.4. The molecule has 1 saturated carbocycles. The topological polar surface area (TPSA) is 32.3 Å². The molecule has 2 unspecified atom stereocenters. The Morgan fingerprint density at radius 1 is 1.47 bits per heavy atom. The molecule has 1 N–H and O–H groups in total. The molecule has 1 aliphatic heterocycles. The number of nitrogens with one attached hydrogen (secondary N) is 1. The second-order valence-corrected chi connectivity index (χ2v) is 5.73. The van der Waals surface area contributed by atoms with Crippen LogP contribution in [0.1, 0.15) is 44.8 Å². The predicted octanol–water partition coefficient (Wildman–Crippen LogP) is 2.59. The van der Waals surface area contributed by atoms with Crippen molar-refractivity contribution < 1.29 is 9.18 Å². The van der Waals surface area contributed by atoms with Gasteiger partial charge in [-0.25, -0.2) is 4.39 Å². The van der Waals surface area contributed by atoms with Crippen molar-refractivity contribution in [2.75, 3.05) is 0 Å². The summed E-state index contributed by atoms with van der Waals surface area (Å²) >= 11 is 0. The first-order valence-electron chi connectivity index (χ1n) is 6.91. The number of amides is 1. The highest BCUT2D eigenvalue weighted by Gasteiger charge is 2.51. The lowest BCUT2D eigenvalue weighted by molar-refractivity contribution is -0.133. The molecule has 2 aliphatic rings. The summed E-state index contributed by atoms with van der Waals surface area (Å²) in [6.45, 7) is 3.94. The minimum absolute atomic E-state index is 0.145. The zero-order valence-corrected chi connectivity index (χ0v) is 11.3. The lowest BCUT2D eigenvalue weighted by Gasteiger charge is -2.24. The summed E-state index contributed by atoms with van der Waals surface area (Å²) in [6.07, 6.45) is 2.65. The van der Waals surface area contributed by atoms with Crippen LogP contribution in [-0.4, -0.2) is 22.4 Å². The van der Waals surface area contributed by atoms with E-state index in [1.807, 2.05) is 24.8 Å². The number of carbonyl (C=O) groups excluding carboxylic acids is 1. The van der Waals surface area contributed by atoms with Crippen LogP contribution in [0.5, 0.6) is 0 Å². The van der Waals surface area contributed by atoms with E-state index in [-0.39, 0.29) is 17.9 Å². The molecule has 2 fully saturated rings. The van der Waals surface area contributed by atoms with Gasteiger partial charge in [-0.2, -0.15) is 0 Å². The van der Waals surface area contributed by atoms with Gasteiger partial charge < -0.3 is 4.90 Å². The second-order valence-electron chi connectivity index (χ2n) is 5.73. The Balaban J connectivity index is 1.97. The standard InChI is InChI=1S/C15H19FN2O/c1-3-15(2)14(19)18(12-7-8-12)13(17-15)10-5-4-6-11(16)9-10/h4-6,9,12-13,17H,3,7-8H2,1-2H3. The molecule has 1 heterocycles. The van der Waals surface area contributed by atoms with Gasteiger partial charge in [0.15, 0.2) is 0 Å². The van der Waals surface area contributed by atoms with Gasteiger partial charge in [0, 0.05) is 6.04 Å². The predicted molar refractivity (Wildman–Crippen MR) is 70.8 cm³/mol. The molecular formula is C15H19FN2O. The number of halogens is 1. The number of carbonyl (C=O) groups is 1. The van der Waals surface area contributed by atoms with E-state index in [2.05, 4.69) is 5.32 Å². The maximum Gasteiger partial charge on any atom is 0.244 e. The Kier molecular flexibility index (Phi) is 2.86. The average Bonchev–Trinajstić information content (AvgIpc) is 3.18. The van der Waals surface area contributed by atoms with Crippen LogP contribution in [0.25, 0.3) is 0 Å². The summed E-state index contributed by atoms with van der Waals surface area (Å²) in [6, 6.07) is 6.85. The maximum atomic E-state index is 13.4. The molecule has 2 atom stereocenters. The zero-order valence-electron chi connectivity index (χ0n) is 11.3. The van der Waals surface area contributed by atoms with Crippen molar-refractivity contribution >= 4 is 5.91 Å². The number of hydrogen-bond donors (Lipinski definition) is 1. The van der Waals surface area contributed by atoms with Crippen LogP contribution in [0.15, 0.2) is 24.3 Å². The van der Waals surface area contributed by atoms with Gasteiger partial charge in [-0.05, 0) is 43.9 Å². The average molecular weight is 262 g/mol. The third-order valence-electron chi connectivity index (χ3n) is 4.25. The van der Waals surface area contributed by atoms with Crippen LogP contribution in [0.2, 0.25) is 0 Å². The summed E-state index contributed by atoms with van der Waals surface area (Å²) in [5, 5.41) is 3.39. The summed E-state index contributed by atoms with van der Waals surface area (Å²) in [4.78, 5) is 14.5. The van der Waals surface area contributed by atoms with Gasteiger partial charge in [-0.3, -0.25) is 10.1 Å². The monoisotopic (exact) mass is 262 g/mol. The van der Waals surface area contributed by atoms with Gasteiger partial charge in [-0.15, -0.1) is 0 Å². The van der Waals surface area contributed by atoms with Crippen molar-refractivity contribution in [2.24, 2.45) is 0 Å². The smallest absolute Gasteiger partial charge is 0.244 e. The fourth-order valence-corrected chi connectivity index (χ4v) is 2.74. The van der Waals surface area contributed by atoms with Crippen molar-refractivity contribution in [1.82, 2.24) is 10.2 Å². The molecule has 1 amide bonds. The van der Waals surface area contributed by atoms with E-state index in [1.165, 1.54) is 12.1 Å². The lowest BCUT2D eigenvalue weighted by Crippen LogP contribution is -2.43. The van der Waals surface area contributed by atoms with Gasteiger partial charge in [0.1, 0.15) is 12.0 Å². The van der Waals surface area contributed by atoms with Gasteiger partial charge >= 0.3 is 0 Å². The van der Waals surface area contributed by atoms with E-state index in [0.29, 0.717) is 6.04 Å². The van der Waals surface area contributed by atoms with Crippen molar-refractivity contribution in [3.63, 3.8) is 0 Å². The van der Waals surface area contributed by atoms with Gasteiger partial charge in [0.05, 0.1) is 5.54 Å². The van der Waals surface area contributed by atoms with E-state index in [0.717, 1.165) is 24.8 Å². The molecule has 3 nitrogen and oxygen atoms in total. The highest BCUT2D eigenvalue weighted by molar-refractivity contribution is 5.89. The van der Waals surface area contributed by atoms with Crippen LogP contribution < -0.4 is 5.32 Å². The Labute approximate surface area is 112 Å². The van der Waals surface area contributed by atoms with E-state index >= 15 is 0 Å². The van der Waals surface area contributed by atoms with E-state index in [9.17, 15) is 9.18 Å². The first kappa shape index (κ1) is 12.6. The van der Waals surface area contributed by atoms with E-state index < -0.39 is 5.54 Å². The Bertz CT molecular complexity index is 515. The van der Waals surface area contributed by atoms with Gasteiger partial charge in [-0.1, -0.05) is 19.1 Å². The van der Waals surface area contributed by atoms with E-state index in [1.54, 1.807) is 6.07 Å². The SMILES string of the molecule is CCC1(C)NC(c2cccc(F)c2)N(C2CC2)C1=O. The van der Waals surface area contributed by atoms with Crippen molar-refractivity contribution in [1.29, 1.82) is 0 Å². The Morgan fingerprint density at radius 3 is 2.79 bits per heavy atom. The molecule has 1 aliphatic carbocycles. The number of benzene rings is 1. The molecule has 1 saturated heterocycles. The fraction of sp³-hybridized carbons (Fsp3) is 0.533. The van der Waals surface area contributed by atoms with Crippen LogP contribution in [0, 0.1) is 5.82 Å². The van der Waals surface area contributed by atoms with Crippen molar-refractivity contribution in [3.8, 4) is 0 Å². The van der Waals surface area contributed by atoms with E-state index in [4.69, 9.17) is 0 Å². The minimum Gasteiger partial charge on any atom is -0.318 e. The lowest BCUT2D eigenvalue weighted by atomic mass is 9.99. The molecule has 19 heavy (non-hydrogen) atoms. The largest absolute Gasteiger partial charge is 0.318 e. The van der Waals surface area contributed by atoms with Gasteiger partial charge in [0.25, 0.3) is 0 Å². The highest BCUT2D eigenvalue weighted by atomic mass is 19.1. The molecule has 1 aromatic carbocycles. The summed E-state index contributed by atoms with van der Waals surface area (Å²) < 4.78 is 13.4. The zero-order chi connectivity index (χ0) is 13.6. The quantitative estimate of drug-likeness (QED) is 0.908. The minimum atomic E-state index is -0.528. The molecule has 0 bridgehead atoms. The molecule has 102 valence electrons. The third kappa shape index (κ3) is 2.04. The number of hydrogen-bond acceptors (Lipinski definition) is 2. The highest BCUT2D eigenvalue weighted by Crippen LogP contribution is 2.41. The molecule has 1 aromatic rings. The molecule has 0 aromatic heterocycles. The normalized spacial score (nSPS) is 31.0. The first-order valence-corrected chi connectivity index (χ1v) is 6.91. The Hall–Kier alpha value is -1.42. The molecular weight excluding hydrogens is 243 g/mol. The molecule has 3 rings (SSSR count). The number of rotatable bonds is 3. The van der Waals surface area contributed by atoms with Crippen LogP contribution in [-0.2, 0) is 4.79 Å². The summed E-state index contributed by atoms with van der Waals surface area (Å²) in [5.41, 5.74) is 0.303.